The lowest BCUT2D eigenvalue weighted by atomic mass is 10.1. The number of likely N-dealkylation sites (N-methyl/N-ethyl adjacent to an activating group) is 1. The Hall–Kier alpha value is -1.22. The van der Waals surface area contributed by atoms with E-state index < -0.39 is 11.6 Å². The molecule has 0 atom stereocenters. The summed E-state index contributed by atoms with van der Waals surface area (Å²) < 4.78 is 26.1. The Morgan fingerprint density at radius 1 is 1.40 bits per heavy atom. The number of rotatable bonds is 4. The monoisotopic (exact) mass is 211 g/mol. The second-order valence-corrected chi connectivity index (χ2v) is 3.41. The molecule has 1 N–H and O–H groups in total. The first kappa shape index (κ1) is 11.9. The van der Waals surface area contributed by atoms with Crippen molar-refractivity contribution < 1.29 is 8.78 Å². The largest absolute Gasteiger partial charge is 0.313 e. The van der Waals surface area contributed by atoms with E-state index in [9.17, 15) is 8.78 Å². The predicted molar refractivity (Wildman–Crippen MR) is 58.6 cm³/mol. The lowest BCUT2D eigenvalue weighted by Crippen LogP contribution is -2.14. The van der Waals surface area contributed by atoms with Crippen molar-refractivity contribution in [2.45, 2.75) is 13.8 Å². The van der Waals surface area contributed by atoms with Gasteiger partial charge in [0.1, 0.15) is 0 Å². The molecule has 0 heterocycles. The first-order valence-corrected chi connectivity index (χ1v) is 4.97. The maximum atomic E-state index is 13.2. The third kappa shape index (κ3) is 3.44. The van der Waals surface area contributed by atoms with Crippen LogP contribution >= 0.6 is 0 Å². The number of halogens is 2. The van der Waals surface area contributed by atoms with Gasteiger partial charge in [0.15, 0.2) is 11.6 Å². The van der Waals surface area contributed by atoms with Crippen molar-refractivity contribution in [3.63, 3.8) is 0 Å². The molecule has 0 unspecified atom stereocenters. The maximum Gasteiger partial charge on any atom is 0.166 e. The molecule has 0 spiro atoms. The first-order chi connectivity index (χ1) is 7.15. The minimum Gasteiger partial charge on any atom is -0.313 e. The topological polar surface area (TPSA) is 12.0 Å². The molecule has 0 aromatic heterocycles. The van der Waals surface area contributed by atoms with Crippen molar-refractivity contribution in [1.29, 1.82) is 0 Å². The minimum atomic E-state index is -0.806. The van der Waals surface area contributed by atoms with Gasteiger partial charge in [-0.1, -0.05) is 30.7 Å². The van der Waals surface area contributed by atoms with Gasteiger partial charge in [-0.25, -0.2) is 8.78 Å². The van der Waals surface area contributed by atoms with E-state index in [1.54, 1.807) is 12.1 Å². The van der Waals surface area contributed by atoms with Crippen molar-refractivity contribution in [1.82, 2.24) is 5.32 Å². The van der Waals surface area contributed by atoms with E-state index in [1.807, 2.05) is 13.8 Å². The zero-order valence-electron chi connectivity index (χ0n) is 8.98. The molecule has 82 valence electrons. The highest BCUT2D eigenvalue weighted by atomic mass is 19.2. The lowest BCUT2D eigenvalue weighted by molar-refractivity contribution is 0.507. The van der Waals surface area contributed by atoms with Crippen LogP contribution in [0.2, 0.25) is 0 Å². The average Bonchev–Trinajstić information content (AvgIpc) is 2.22. The molecule has 0 bridgehead atoms. The van der Waals surface area contributed by atoms with Crippen molar-refractivity contribution in [2.75, 3.05) is 13.1 Å². The summed E-state index contributed by atoms with van der Waals surface area (Å²) in [5.41, 5.74) is 1.27. The molecule has 0 radical (unpaired) electrons. The summed E-state index contributed by atoms with van der Waals surface area (Å²) in [4.78, 5) is 0. The molecule has 1 nitrogen and oxygen atoms in total. The molecule has 15 heavy (non-hydrogen) atoms. The summed E-state index contributed by atoms with van der Waals surface area (Å²) in [7, 11) is 0. The van der Waals surface area contributed by atoms with E-state index in [-0.39, 0.29) is 0 Å². The van der Waals surface area contributed by atoms with E-state index in [2.05, 4.69) is 5.32 Å². The van der Waals surface area contributed by atoms with Gasteiger partial charge in [-0.2, -0.15) is 0 Å². The van der Waals surface area contributed by atoms with Crippen LogP contribution in [0.4, 0.5) is 8.78 Å². The van der Waals surface area contributed by atoms with Crippen LogP contribution in [0.25, 0.3) is 6.08 Å². The third-order valence-corrected chi connectivity index (χ3v) is 2.04. The average molecular weight is 211 g/mol. The van der Waals surface area contributed by atoms with Crippen LogP contribution in [0.15, 0.2) is 23.8 Å². The molecule has 1 aromatic rings. The Morgan fingerprint density at radius 2 is 2.13 bits per heavy atom. The highest BCUT2D eigenvalue weighted by molar-refractivity contribution is 5.53. The summed E-state index contributed by atoms with van der Waals surface area (Å²) >= 11 is 0. The number of benzene rings is 1. The van der Waals surface area contributed by atoms with Gasteiger partial charge in [0.25, 0.3) is 0 Å². The zero-order chi connectivity index (χ0) is 11.3. The fourth-order valence-electron chi connectivity index (χ4n) is 1.27. The summed E-state index contributed by atoms with van der Waals surface area (Å²) in [6.07, 6.45) is 1.65. The van der Waals surface area contributed by atoms with Gasteiger partial charge in [-0.05, 0) is 19.5 Å². The molecule has 3 heteroatoms. The van der Waals surface area contributed by atoms with Gasteiger partial charge in [0.2, 0.25) is 0 Å². The summed E-state index contributed by atoms with van der Waals surface area (Å²) in [6, 6.07) is 4.19. The van der Waals surface area contributed by atoms with Gasteiger partial charge >= 0.3 is 0 Å². The Bertz CT molecular complexity index is 359. The van der Waals surface area contributed by atoms with Gasteiger partial charge in [0, 0.05) is 12.1 Å². The summed E-state index contributed by atoms with van der Waals surface area (Å²) in [5, 5.41) is 3.12. The first-order valence-electron chi connectivity index (χ1n) is 4.97. The summed E-state index contributed by atoms with van der Waals surface area (Å²) in [6.45, 7) is 5.42. The quantitative estimate of drug-likeness (QED) is 0.807. The van der Waals surface area contributed by atoms with Crippen LogP contribution in [-0.2, 0) is 0 Å². The van der Waals surface area contributed by atoms with Crippen LogP contribution in [0, 0.1) is 11.6 Å². The molecule has 0 aliphatic rings. The van der Waals surface area contributed by atoms with Gasteiger partial charge < -0.3 is 5.32 Å². The Labute approximate surface area is 88.8 Å². The van der Waals surface area contributed by atoms with E-state index in [0.717, 1.165) is 18.2 Å². The smallest absolute Gasteiger partial charge is 0.166 e. The van der Waals surface area contributed by atoms with Gasteiger partial charge in [0.05, 0.1) is 0 Å². The Kier molecular flexibility index (Phi) is 4.43. The van der Waals surface area contributed by atoms with Crippen molar-refractivity contribution in [2.24, 2.45) is 0 Å². The van der Waals surface area contributed by atoms with Crippen LogP contribution in [0.3, 0.4) is 0 Å². The molecule has 1 rings (SSSR count). The number of nitrogens with one attached hydrogen (secondary N) is 1. The van der Waals surface area contributed by atoms with E-state index in [1.165, 1.54) is 6.07 Å². The van der Waals surface area contributed by atoms with Gasteiger partial charge in [-0.3, -0.25) is 0 Å². The Morgan fingerprint density at radius 3 is 2.80 bits per heavy atom. The van der Waals surface area contributed by atoms with Crippen LogP contribution in [-0.4, -0.2) is 13.1 Å². The van der Waals surface area contributed by atoms with Crippen LogP contribution in [0.5, 0.6) is 0 Å². The predicted octanol–water partition coefficient (Wildman–Crippen LogP) is 2.98. The molecular weight excluding hydrogens is 196 g/mol. The summed E-state index contributed by atoms with van der Waals surface area (Å²) in [5.74, 6) is -1.59. The minimum absolute atomic E-state index is 0.297. The number of hydrogen-bond acceptors (Lipinski definition) is 1. The highest BCUT2D eigenvalue weighted by Crippen LogP contribution is 2.14. The molecule has 0 saturated carbocycles. The lowest BCUT2D eigenvalue weighted by Gasteiger charge is -2.03. The molecule has 0 fully saturated rings. The van der Waals surface area contributed by atoms with Crippen molar-refractivity contribution in [3.05, 3.63) is 41.0 Å². The van der Waals surface area contributed by atoms with Crippen LogP contribution < -0.4 is 5.32 Å². The molecule has 1 aromatic carbocycles. The van der Waals surface area contributed by atoms with E-state index in [0.29, 0.717) is 12.1 Å². The fraction of sp³-hybridized carbons (Fsp3) is 0.333. The van der Waals surface area contributed by atoms with E-state index >= 15 is 0 Å². The van der Waals surface area contributed by atoms with Crippen LogP contribution in [0.1, 0.15) is 19.4 Å². The fourth-order valence-corrected chi connectivity index (χ4v) is 1.27. The molecule has 0 saturated heterocycles. The van der Waals surface area contributed by atoms with Crippen molar-refractivity contribution >= 4 is 6.08 Å². The molecule has 0 aliphatic carbocycles. The van der Waals surface area contributed by atoms with Crippen molar-refractivity contribution in [3.8, 4) is 0 Å². The normalized spacial score (nSPS) is 11.9. The second kappa shape index (κ2) is 5.61. The third-order valence-electron chi connectivity index (χ3n) is 2.04. The Balaban J connectivity index is 2.83. The number of hydrogen-bond donors (Lipinski definition) is 1. The van der Waals surface area contributed by atoms with E-state index in [4.69, 9.17) is 0 Å². The SMILES string of the molecule is CCNCC(C)=Cc1cccc(F)c1F. The highest BCUT2D eigenvalue weighted by Gasteiger charge is 2.04. The van der Waals surface area contributed by atoms with Gasteiger partial charge in [-0.15, -0.1) is 0 Å². The standard InChI is InChI=1S/C12H15F2N/c1-3-15-8-9(2)7-10-5-4-6-11(13)12(10)14/h4-7,15H,3,8H2,1-2H3. The maximum absolute atomic E-state index is 13.2. The second-order valence-electron chi connectivity index (χ2n) is 3.41. The zero-order valence-corrected chi connectivity index (χ0v) is 8.98. The molecule has 0 amide bonds. The molecule has 0 aliphatic heterocycles. The molecular formula is C12H15F2N.